The van der Waals surface area contributed by atoms with Crippen molar-refractivity contribution in [3.63, 3.8) is 0 Å². The van der Waals surface area contributed by atoms with E-state index in [1.807, 2.05) is 6.92 Å². The van der Waals surface area contributed by atoms with Crippen molar-refractivity contribution in [3.05, 3.63) is 0 Å². The highest BCUT2D eigenvalue weighted by Crippen LogP contribution is 2.05. The standard InChI is InChI=1S/C10H20O5/c1-2-3-4-9(10(12)13)15-8-7-14-6-5-11/h9,11H,2-8H2,1H3,(H,12,13). The predicted octanol–water partition coefficient (Wildman–Crippen LogP) is 0.655. The monoisotopic (exact) mass is 220 g/mol. The fraction of sp³-hybridized carbons (Fsp3) is 0.900. The lowest BCUT2D eigenvalue weighted by Gasteiger charge is -2.12. The van der Waals surface area contributed by atoms with Gasteiger partial charge >= 0.3 is 5.97 Å². The maximum absolute atomic E-state index is 10.7. The van der Waals surface area contributed by atoms with Crippen LogP contribution in [0.25, 0.3) is 0 Å². The summed E-state index contributed by atoms with van der Waals surface area (Å²) >= 11 is 0. The van der Waals surface area contributed by atoms with Gasteiger partial charge in [-0.2, -0.15) is 0 Å². The van der Waals surface area contributed by atoms with E-state index in [0.717, 1.165) is 12.8 Å². The molecule has 0 saturated carbocycles. The normalized spacial score (nSPS) is 12.7. The van der Waals surface area contributed by atoms with Crippen molar-refractivity contribution in [1.29, 1.82) is 0 Å². The molecule has 0 rings (SSSR count). The van der Waals surface area contributed by atoms with E-state index >= 15 is 0 Å². The number of hydrogen-bond acceptors (Lipinski definition) is 4. The number of aliphatic carboxylic acids is 1. The molecule has 1 atom stereocenters. The van der Waals surface area contributed by atoms with Gasteiger partial charge in [-0.15, -0.1) is 0 Å². The molecule has 0 amide bonds. The van der Waals surface area contributed by atoms with Gasteiger partial charge in [-0.25, -0.2) is 4.79 Å². The van der Waals surface area contributed by atoms with Crippen LogP contribution in [0.4, 0.5) is 0 Å². The Hall–Kier alpha value is -0.650. The van der Waals surface area contributed by atoms with Crippen LogP contribution >= 0.6 is 0 Å². The van der Waals surface area contributed by atoms with Gasteiger partial charge in [0, 0.05) is 0 Å². The Morgan fingerprint density at radius 2 is 2.07 bits per heavy atom. The fourth-order valence-electron chi connectivity index (χ4n) is 1.08. The van der Waals surface area contributed by atoms with Crippen molar-refractivity contribution in [3.8, 4) is 0 Å². The van der Waals surface area contributed by atoms with E-state index in [-0.39, 0.29) is 19.8 Å². The predicted molar refractivity (Wildman–Crippen MR) is 54.8 cm³/mol. The van der Waals surface area contributed by atoms with Crippen LogP contribution in [0.2, 0.25) is 0 Å². The molecule has 0 aliphatic carbocycles. The van der Waals surface area contributed by atoms with E-state index in [0.29, 0.717) is 13.0 Å². The quantitative estimate of drug-likeness (QED) is 0.529. The molecule has 0 saturated heterocycles. The Kier molecular flexibility index (Phi) is 9.46. The first kappa shape index (κ1) is 14.3. The highest BCUT2D eigenvalue weighted by Gasteiger charge is 2.16. The average Bonchev–Trinajstić information content (AvgIpc) is 2.21. The first-order valence-electron chi connectivity index (χ1n) is 5.25. The molecule has 5 nitrogen and oxygen atoms in total. The molecule has 0 radical (unpaired) electrons. The van der Waals surface area contributed by atoms with Gasteiger partial charge in [0.1, 0.15) is 0 Å². The third-order valence-corrected chi connectivity index (χ3v) is 1.88. The summed E-state index contributed by atoms with van der Waals surface area (Å²) in [5, 5.41) is 17.2. The van der Waals surface area contributed by atoms with Crippen LogP contribution in [0.15, 0.2) is 0 Å². The van der Waals surface area contributed by atoms with Gasteiger partial charge < -0.3 is 19.7 Å². The number of unbranched alkanes of at least 4 members (excludes halogenated alkanes) is 1. The van der Waals surface area contributed by atoms with E-state index in [2.05, 4.69) is 0 Å². The zero-order valence-electron chi connectivity index (χ0n) is 9.15. The van der Waals surface area contributed by atoms with Gasteiger partial charge in [-0.05, 0) is 6.42 Å². The van der Waals surface area contributed by atoms with Crippen molar-refractivity contribution < 1.29 is 24.5 Å². The number of aliphatic hydroxyl groups is 1. The van der Waals surface area contributed by atoms with E-state index < -0.39 is 12.1 Å². The Morgan fingerprint density at radius 1 is 1.33 bits per heavy atom. The Bertz CT molecular complexity index is 160. The van der Waals surface area contributed by atoms with Crippen LogP contribution in [0.1, 0.15) is 26.2 Å². The molecule has 5 heteroatoms. The summed E-state index contributed by atoms with van der Waals surface area (Å²) in [6.45, 7) is 2.80. The Labute approximate surface area is 90.0 Å². The first-order valence-corrected chi connectivity index (χ1v) is 5.25. The molecule has 0 bridgehead atoms. The zero-order valence-corrected chi connectivity index (χ0v) is 9.15. The zero-order chi connectivity index (χ0) is 11.5. The highest BCUT2D eigenvalue weighted by molar-refractivity contribution is 5.72. The molecule has 0 aliphatic rings. The molecule has 90 valence electrons. The molecule has 0 aromatic heterocycles. The molecular weight excluding hydrogens is 200 g/mol. The number of rotatable bonds is 10. The minimum absolute atomic E-state index is 0.0296. The summed E-state index contributed by atoms with van der Waals surface area (Å²) < 4.78 is 10.1. The third kappa shape index (κ3) is 8.35. The van der Waals surface area contributed by atoms with Gasteiger partial charge in [-0.1, -0.05) is 19.8 Å². The molecule has 0 aromatic rings. The lowest BCUT2D eigenvalue weighted by Crippen LogP contribution is -2.25. The van der Waals surface area contributed by atoms with Crippen molar-refractivity contribution in [2.75, 3.05) is 26.4 Å². The Balaban J connectivity index is 3.53. The third-order valence-electron chi connectivity index (χ3n) is 1.88. The molecule has 0 fully saturated rings. The number of carboxylic acid groups (broad SMARTS) is 1. The lowest BCUT2D eigenvalue weighted by atomic mass is 10.1. The Morgan fingerprint density at radius 3 is 2.60 bits per heavy atom. The number of carboxylic acids is 1. The summed E-state index contributed by atoms with van der Waals surface area (Å²) in [5.74, 6) is -0.925. The number of aliphatic hydroxyl groups excluding tert-OH is 1. The van der Waals surface area contributed by atoms with Crippen molar-refractivity contribution in [1.82, 2.24) is 0 Å². The fourth-order valence-corrected chi connectivity index (χ4v) is 1.08. The van der Waals surface area contributed by atoms with Gasteiger partial charge in [0.25, 0.3) is 0 Å². The largest absolute Gasteiger partial charge is 0.479 e. The topological polar surface area (TPSA) is 76.0 Å². The SMILES string of the molecule is CCCCC(OCCOCCO)C(=O)O. The molecule has 2 N–H and O–H groups in total. The van der Waals surface area contributed by atoms with E-state index in [9.17, 15) is 4.79 Å². The van der Waals surface area contributed by atoms with E-state index in [4.69, 9.17) is 19.7 Å². The first-order chi connectivity index (χ1) is 7.22. The minimum Gasteiger partial charge on any atom is -0.479 e. The maximum atomic E-state index is 10.7. The summed E-state index contributed by atoms with van der Waals surface area (Å²) in [6, 6.07) is 0. The van der Waals surface area contributed by atoms with Crippen LogP contribution in [0.5, 0.6) is 0 Å². The lowest BCUT2D eigenvalue weighted by molar-refractivity contribution is -0.151. The minimum atomic E-state index is -0.925. The average molecular weight is 220 g/mol. The van der Waals surface area contributed by atoms with Gasteiger partial charge in [0.2, 0.25) is 0 Å². The maximum Gasteiger partial charge on any atom is 0.332 e. The second-order valence-corrected chi connectivity index (χ2v) is 3.18. The number of hydrogen-bond donors (Lipinski definition) is 2. The van der Waals surface area contributed by atoms with E-state index in [1.165, 1.54) is 0 Å². The summed E-state index contributed by atoms with van der Waals surface area (Å²) in [7, 11) is 0. The van der Waals surface area contributed by atoms with Gasteiger partial charge in [0.15, 0.2) is 6.10 Å². The molecule has 0 heterocycles. The number of ether oxygens (including phenoxy) is 2. The van der Waals surface area contributed by atoms with Gasteiger partial charge in [0.05, 0.1) is 26.4 Å². The molecule has 0 spiro atoms. The summed E-state index contributed by atoms with van der Waals surface area (Å²) in [5.41, 5.74) is 0. The van der Waals surface area contributed by atoms with Crippen molar-refractivity contribution in [2.24, 2.45) is 0 Å². The molecule has 0 aliphatic heterocycles. The second kappa shape index (κ2) is 9.89. The molecule has 1 unspecified atom stereocenters. The van der Waals surface area contributed by atoms with Crippen LogP contribution in [0.3, 0.4) is 0 Å². The molecule has 0 aromatic carbocycles. The van der Waals surface area contributed by atoms with Crippen molar-refractivity contribution >= 4 is 5.97 Å². The smallest absolute Gasteiger partial charge is 0.332 e. The number of carbonyl (C=O) groups is 1. The van der Waals surface area contributed by atoms with Crippen LogP contribution < -0.4 is 0 Å². The summed E-state index contributed by atoms with van der Waals surface area (Å²) in [4.78, 5) is 10.7. The van der Waals surface area contributed by atoms with Crippen LogP contribution in [0, 0.1) is 0 Å². The molecular formula is C10H20O5. The highest BCUT2D eigenvalue weighted by atomic mass is 16.5. The second-order valence-electron chi connectivity index (χ2n) is 3.18. The van der Waals surface area contributed by atoms with Gasteiger partial charge in [-0.3, -0.25) is 0 Å². The molecule has 15 heavy (non-hydrogen) atoms. The van der Waals surface area contributed by atoms with Crippen LogP contribution in [-0.2, 0) is 14.3 Å². The van der Waals surface area contributed by atoms with Crippen molar-refractivity contribution in [2.45, 2.75) is 32.3 Å². The summed E-state index contributed by atoms with van der Waals surface area (Å²) in [6.07, 6.45) is 1.59. The van der Waals surface area contributed by atoms with Crippen LogP contribution in [-0.4, -0.2) is 48.7 Å². The van der Waals surface area contributed by atoms with E-state index in [1.54, 1.807) is 0 Å².